The molecule has 0 atom stereocenters. The van der Waals surface area contributed by atoms with Crippen molar-refractivity contribution in [2.24, 2.45) is 0 Å². The van der Waals surface area contributed by atoms with Gasteiger partial charge in [-0.05, 0) is 30.0 Å². The number of carbonyl (C=O) groups excluding carboxylic acids is 1. The van der Waals surface area contributed by atoms with Gasteiger partial charge in [-0.3, -0.25) is 9.20 Å². The Bertz CT molecular complexity index is 788. The van der Waals surface area contributed by atoms with Crippen LogP contribution in [-0.4, -0.2) is 15.2 Å². The largest absolute Gasteiger partial charge is 0.297 e. The van der Waals surface area contributed by atoms with E-state index in [0.29, 0.717) is 6.42 Å². The summed E-state index contributed by atoms with van der Waals surface area (Å²) in [7, 11) is 0. The van der Waals surface area contributed by atoms with Crippen LogP contribution in [0.15, 0.2) is 54.7 Å². The quantitative estimate of drug-likeness (QED) is 0.658. The van der Waals surface area contributed by atoms with Crippen LogP contribution in [-0.2, 0) is 6.42 Å². The highest BCUT2D eigenvalue weighted by Gasteiger charge is 2.20. The normalized spacial score (nSPS) is 11.2. The highest BCUT2D eigenvalue weighted by molar-refractivity contribution is 5.96. The maximum Gasteiger partial charge on any atom is 0.181 e. The molecule has 0 amide bonds. The SMILES string of the molecule is CC(C)c1nc2ccccn2c1C(=O)CCc1ccccc1. The molecular weight excluding hydrogens is 272 g/mol. The summed E-state index contributed by atoms with van der Waals surface area (Å²) in [6.07, 6.45) is 3.19. The molecule has 2 heterocycles. The second-order valence-corrected chi connectivity index (χ2v) is 5.84. The first-order chi connectivity index (χ1) is 10.7. The Balaban J connectivity index is 1.91. The van der Waals surface area contributed by atoms with Crippen molar-refractivity contribution in [2.45, 2.75) is 32.6 Å². The van der Waals surface area contributed by atoms with Crippen molar-refractivity contribution in [3.05, 3.63) is 71.7 Å². The molecule has 3 aromatic rings. The lowest BCUT2D eigenvalue weighted by Crippen LogP contribution is -2.09. The molecule has 3 rings (SSSR count). The van der Waals surface area contributed by atoms with Crippen LogP contribution in [0.4, 0.5) is 0 Å². The molecule has 22 heavy (non-hydrogen) atoms. The smallest absolute Gasteiger partial charge is 0.181 e. The van der Waals surface area contributed by atoms with E-state index in [2.05, 4.69) is 31.0 Å². The Morgan fingerprint density at radius 3 is 2.55 bits per heavy atom. The molecule has 0 N–H and O–H groups in total. The van der Waals surface area contributed by atoms with Crippen molar-refractivity contribution in [2.75, 3.05) is 0 Å². The van der Waals surface area contributed by atoms with Gasteiger partial charge in [0.25, 0.3) is 0 Å². The number of aromatic nitrogens is 2. The van der Waals surface area contributed by atoms with Crippen molar-refractivity contribution in [1.82, 2.24) is 9.38 Å². The Hall–Kier alpha value is -2.42. The average molecular weight is 292 g/mol. The van der Waals surface area contributed by atoms with E-state index in [-0.39, 0.29) is 11.7 Å². The maximum absolute atomic E-state index is 12.8. The zero-order valence-corrected chi connectivity index (χ0v) is 13.0. The third-order valence-electron chi connectivity index (χ3n) is 3.85. The van der Waals surface area contributed by atoms with Crippen LogP contribution in [0.25, 0.3) is 5.65 Å². The lowest BCUT2D eigenvalue weighted by Gasteiger charge is -2.07. The lowest BCUT2D eigenvalue weighted by atomic mass is 10.0. The number of carbonyl (C=O) groups is 1. The van der Waals surface area contributed by atoms with Crippen LogP contribution in [0, 0.1) is 0 Å². The Morgan fingerprint density at radius 1 is 1.09 bits per heavy atom. The third kappa shape index (κ3) is 2.80. The number of imidazole rings is 1. The number of fused-ring (bicyclic) bond motifs is 1. The minimum absolute atomic E-state index is 0.159. The highest BCUT2D eigenvalue weighted by atomic mass is 16.1. The van der Waals surface area contributed by atoms with Gasteiger partial charge in [0.05, 0.1) is 5.69 Å². The van der Waals surface area contributed by atoms with E-state index in [1.165, 1.54) is 5.56 Å². The van der Waals surface area contributed by atoms with Gasteiger partial charge in [-0.15, -0.1) is 0 Å². The Labute approximate surface area is 130 Å². The summed E-state index contributed by atoms with van der Waals surface area (Å²) in [5, 5.41) is 0. The van der Waals surface area contributed by atoms with Gasteiger partial charge in [0.1, 0.15) is 11.3 Å². The van der Waals surface area contributed by atoms with Crippen LogP contribution in [0.1, 0.15) is 47.9 Å². The van der Waals surface area contributed by atoms with Gasteiger partial charge in [-0.2, -0.15) is 0 Å². The predicted octanol–water partition coefficient (Wildman–Crippen LogP) is 4.27. The summed E-state index contributed by atoms with van der Waals surface area (Å²) in [6, 6.07) is 16.0. The molecule has 0 aliphatic rings. The van der Waals surface area contributed by atoms with Gasteiger partial charge < -0.3 is 0 Å². The van der Waals surface area contributed by atoms with Crippen molar-refractivity contribution in [1.29, 1.82) is 0 Å². The van der Waals surface area contributed by atoms with Crippen molar-refractivity contribution in [3.63, 3.8) is 0 Å². The van der Waals surface area contributed by atoms with E-state index >= 15 is 0 Å². The zero-order valence-electron chi connectivity index (χ0n) is 13.0. The molecule has 3 heteroatoms. The number of rotatable bonds is 5. The van der Waals surface area contributed by atoms with Gasteiger partial charge >= 0.3 is 0 Å². The minimum Gasteiger partial charge on any atom is -0.297 e. The molecule has 0 aliphatic heterocycles. The van der Waals surface area contributed by atoms with Gasteiger partial charge in [0, 0.05) is 12.6 Å². The second-order valence-electron chi connectivity index (χ2n) is 5.84. The van der Waals surface area contributed by atoms with Gasteiger partial charge in [0.15, 0.2) is 5.78 Å². The maximum atomic E-state index is 12.8. The third-order valence-corrected chi connectivity index (χ3v) is 3.85. The van der Waals surface area contributed by atoms with E-state index in [4.69, 9.17) is 0 Å². The first-order valence-corrected chi connectivity index (χ1v) is 7.71. The molecule has 0 bridgehead atoms. The molecule has 3 nitrogen and oxygen atoms in total. The number of hydrogen-bond donors (Lipinski definition) is 0. The number of Topliss-reactive ketones (excluding diaryl/α,β-unsaturated/α-hetero) is 1. The molecule has 1 aromatic carbocycles. The fraction of sp³-hybridized carbons (Fsp3) is 0.263. The molecule has 2 aromatic heterocycles. The molecule has 0 radical (unpaired) electrons. The number of ketones is 1. The van der Waals surface area contributed by atoms with Crippen molar-refractivity contribution < 1.29 is 4.79 Å². The fourth-order valence-corrected chi connectivity index (χ4v) is 2.71. The molecular formula is C19H20N2O. The molecule has 0 spiro atoms. The number of aryl methyl sites for hydroxylation is 1. The van der Waals surface area contributed by atoms with E-state index in [1.807, 2.05) is 47.0 Å². The summed E-state index contributed by atoms with van der Waals surface area (Å²) >= 11 is 0. The van der Waals surface area contributed by atoms with E-state index in [9.17, 15) is 4.79 Å². The summed E-state index contributed by atoms with van der Waals surface area (Å²) < 4.78 is 1.92. The Morgan fingerprint density at radius 2 is 1.82 bits per heavy atom. The summed E-state index contributed by atoms with van der Waals surface area (Å²) in [5.74, 6) is 0.391. The monoisotopic (exact) mass is 292 g/mol. The number of nitrogens with zero attached hydrogens (tertiary/aromatic N) is 2. The first-order valence-electron chi connectivity index (χ1n) is 7.71. The first kappa shape index (κ1) is 14.5. The van der Waals surface area contributed by atoms with Crippen LogP contribution in [0.3, 0.4) is 0 Å². The Kier molecular flexibility index (Phi) is 4.05. The van der Waals surface area contributed by atoms with E-state index in [1.54, 1.807) is 0 Å². The van der Waals surface area contributed by atoms with Crippen LogP contribution in [0.5, 0.6) is 0 Å². The second kappa shape index (κ2) is 6.14. The van der Waals surface area contributed by atoms with Crippen molar-refractivity contribution >= 4 is 11.4 Å². The predicted molar refractivity (Wildman–Crippen MR) is 88.4 cm³/mol. The van der Waals surface area contributed by atoms with Crippen LogP contribution < -0.4 is 0 Å². The van der Waals surface area contributed by atoms with Crippen molar-refractivity contribution in [3.8, 4) is 0 Å². The van der Waals surface area contributed by atoms with E-state index in [0.717, 1.165) is 23.5 Å². The molecule has 112 valence electrons. The zero-order chi connectivity index (χ0) is 15.5. The standard InChI is InChI=1S/C19H20N2O/c1-14(2)18-19(21-13-7-6-10-17(21)20-18)16(22)12-11-15-8-4-3-5-9-15/h3-10,13-14H,11-12H2,1-2H3. The summed E-state index contributed by atoms with van der Waals surface area (Å²) in [5.41, 5.74) is 3.66. The molecule has 0 unspecified atom stereocenters. The summed E-state index contributed by atoms with van der Waals surface area (Å²) in [4.78, 5) is 17.4. The highest BCUT2D eigenvalue weighted by Crippen LogP contribution is 2.22. The molecule has 0 saturated carbocycles. The minimum atomic E-state index is 0.159. The van der Waals surface area contributed by atoms with Gasteiger partial charge in [-0.25, -0.2) is 4.98 Å². The number of hydrogen-bond acceptors (Lipinski definition) is 2. The van der Waals surface area contributed by atoms with Gasteiger partial charge in [-0.1, -0.05) is 50.2 Å². The molecule has 0 saturated heterocycles. The fourth-order valence-electron chi connectivity index (χ4n) is 2.71. The van der Waals surface area contributed by atoms with Gasteiger partial charge in [0.2, 0.25) is 0 Å². The van der Waals surface area contributed by atoms with E-state index < -0.39 is 0 Å². The topological polar surface area (TPSA) is 34.4 Å². The molecule has 0 fully saturated rings. The van der Waals surface area contributed by atoms with Crippen LogP contribution >= 0.6 is 0 Å². The number of pyridine rings is 1. The van der Waals surface area contributed by atoms with Crippen LogP contribution in [0.2, 0.25) is 0 Å². The average Bonchev–Trinajstić information content (AvgIpc) is 2.93. The molecule has 0 aliphatic carbocycles. The lowest BCUT2D eigenvalue weighted by molar-refractivity contribution is 0.0976. The summed E-state index contributed by atoms with van der Waals surface area (Å²) in [6.45, 7) is 4.16. The number of benzene rings is 1.